The molecule has 1 heterocycles. The van der Waals surface area contributed by atoms with Crippen molar-refractivity contribution in [2.75, 3.05) is 11.5 Å². The van der Waals surface area contributed by atoms with Gasteiger partial charge in [-0.25, -0.2) is 0 Å². The molecule has 0 aromatic heterocycles. The maximum Gasteiger partial charge on any atom is 0.254 e. The topological polar surface area (TPSA) is 58.6 Å². The molecule has 2 aromatic rings. The molecule has 2 aromatic carbocycles. The summed E-state index contributed by atoms with van der Waals surface area (Å²) in [5.41, 5.74) is 2.61. The third-order valence-corrected chi connectivity index (χ3v) is 4.65. The van der Waals surface area contributed by atoms with E-state index >= 15 is 0 Å². The number of rotatable bonds is 7. The quantitative estimate of drug-likeness (QED) is 0.810. The van der Waals surface area contributed by atoms with E-state index in [-0.39, 0.29) is 11.8 Å². The number of nitrogens with one attached hydrogen (secondary N) is 1. The van der Waals surface area contributed by atoms with Crippen molar-refractivity contribution in [2.45, 2.75) is 39.8 Å². The zero-order valence-electron chi connectivity index (χ0n) is 16.1. The summed E-state index contributed by atoms with van der Waals surface area (Å²) in [6.45, 7) is 6.81. The van der Waals surface area contributed by atoms with Crippen LogP contribution in [-0.4, -0.2) is 18.4 Å². The molecule has 1 atom stereocenters. The normalized spacial score (nSPS) is 15.8. The molecule has 0 bridgehead atoms. The minimum Gasteiger partial charge on any atom is -0.493 e. The number of fused-ring (bicyclic) bond motifs is 1. The van der Waals surface area contributed by atoms with E-state index in [1.54, 1.807) is 4.90 Å². The molecule has 3 rings (SSSR count). The van der Waals surface area contributed by atoms with Gasteiger partial charge in [0, 0.05) is 23.7 Å². The number of hydrogen-bond donors (Lipinski definition) is 1. The fourth-order valence-electron chi connectivity index (χ4n) is 3.24. The van der Waals surface area contributed by atoms with E-state index < -0.39 is 6.04 Å². The highest BCUT2D eigenvalue weighted by molar-refractivity contribution is 6.06. The Kier molecular flexibility index (Phi) is 5.79. The lowest BCUT2D eigenvalue weighted by Gasteiger charge is -2.20. The number of ether oxygens (including phenoxy) is 1. The average molecular weight is 366 g/mol. The Morgan fingerprint density at radius 1 is 1.15 bits per heavy atom. The summed E-state index contributed by atoms with van der Waals surface area (Å²) >= 11 is 0. The third-order valence-electron chi connectivity index (χ3n) is 4.65. The molecule has 5 nitrogen and oxygen atoms in total. The van der Waals surface area contributed by atoms with Crippen LogP contribution in [0.5, 0.6) is 5.75 Å². The Labute approximate surface area is 160 Å². The predicted molar refractivity (Wildman–Crippen MR) is 106 cm³/mol. The largest absolute Gasteiger partial charge is 0.493 e. The highest BCUT2D eigenvalue weighted by atomic mass is 16.5. The van der Waals surface area contributed by atoms with Crippen LogP contribution in [0.4, 0.5) is 5.69 Å². The van der Waals surface area contributed by atoms with Crippen LogP contribution in [0.1, 0.15) is 44.4 Å². The van der Waals surface area contributed by atoms with Gasteiger partial charge in [0.1, 0.15) is 11.8 Å². The number of benzene rings is 2. The summed E-state index contributed by atoms with van der Waals surface area (Å²) in [5.74, 6) is 1.03. The summed E-state index contributed by atoms with van der Waals surface area (Å²) in [7, 11) is 0. The molecule has 142 valence electrons. The molecule has 0 radical (unpaired) electrons. The molecule has 27 heavy (non-hydrogen) atoms. The van der Waals surface area contributed by atoms with Crippen molar-refractivity contribution in [3.63, 3.8) is 0 Å². The van der Waals surface area contributed by atoms with Gasteiger partial charge in [0.15, 0.2) is 0 Å². The van der Waals surface area contributed by atoms with Crippen LogP contribution >= 0.6 is 0 Å². The van der Waals surface area contributed by atoms with E-state index in [1.807, 2.05) is 48.5 Å². The fraction of sp³-hybridized carbons (Fsp3) is 0.364. The third kappa shape index (κ3) is 4.30. The molecule has 0 saturated carbocycles. The van der Waals surface area contributed by atoms with E-state index in [4.69, 9.17) is 4.74 Å². The van der Waals surface area contributed by atoms with Crippen molar-refractivity contribution in [1.82, 2.24) is 5.32 Å². The van der Waals surface area contributed by atoms with Gasteiger partial charge in [0.05, 0.1) is 13.2 Å². The highest BCUT2D eigenvalue weighted by Crippen LogP contribution is 2.37. The van der Waals surface area contributed by atoms with E-state index in [0.29, 0.717) is 19.1 Å². The Hall–Kier alpha value is -2.82. The van der Waals surface area contributed by atoms with Crippen LogP contribution in [-0.2, 0) is 16.1 Å². The molecule has 0 fully saturated rings. The number of hydrogen-bond acceptors (Lipinski definition) is 3. The number of para-hydroxylation sites is 2. The predicted octanol–water partition coefficient (Wildman–Crippen LogP) is 3.84. The fourth-order valence-corrected chi connectivity index (χ4v) is 3.24. The van der Waals surface area contributed by atoms with Crippen molar-refractivity contribution in [2.24, 2.45) is 5.92 Å². The Morgan fingerprint density at radius 3 is 2.59 bits per heavy atom. The molecule has 0 aliphatic carbocycles. The monoisotopic (exact) mass is 366 g/mol. The highest BCUT2D eigenvalue weighted by Gasteiger charge is 2.37. The molecule has 5 heteroatoms. The second kappa shape index (κ2) is 8.25. The standard InChI is InChI=1S/C22H26N2O3/c1-15(2)12-13-27-20-11-7-4-8-17(20)14-24-19-10-6-5-9-18(19)21(22(24)26)23-16(3)25/h4-11,15,21H,12-14H2,1-3H3,(H,23,25)/t21-/m1/s1. The van der Waals surface area contributed by atoms with Crippen LogP contribution in [0, 0.1) is 5.92 Å². The van der Waals surface area contributed by atoms with Crippen molar-refractivity contribution in [3.05, 3.63) is 59.7 Å². The molecule has 2 amide bonds. The molecule has 1 aliphatic heterocycles. The zero-order chi connectivity index (χ0) is 19.4. The van der Waals surface area contributed by atoms with Crippen LogP contribution < -0.4 is 15.0 Å². The van der Waals surface area contributed by atoms with Gasteiger partial charge in [-0.1, -0.05) is 50.2 Å². The summed E-state index contributed by atoms with van der Waals surface area (Å²) in [4.78, 5) is 26.3. The van der Waals surface area contributed by atoms with Crippen molar-refractivity contribution in [1.29, 1.82) is 0 Å². The van der Waals surface area contributed by atoms with Crippen LogP contribution in [0.2, 0.25) is 0 Å². The Balaban J connectivity index is 1.83. The SMILES string of the molecule is CC(=O)N[C@H]1C(=O)N(Cc2ccccc2OCCC(C)C)c2ccccc21. The Bertz CT molecular complexity index is 832. The van der Waals surface area contributed by atoms with E-state index in [9.17, 15) is 9.59 Å². The number of carbonyl (C=O) groups is 2. The Morgan fingerprint density at radius 2 is 1.85 bits per heavy atom. The zero-order valence-corrected chi connectivity index (χ0v) is 16.1. The first-order chi connectivity index (χ1) is 13.0. The number of amides is 2. The second-order valence-electron chi connectivity index (χ2n) is 7.26. The first-order valence-corrected chi connectivity index (χ1v) is 9.35. The molecular formula is C22H26N2O3. The van der Waals surface area contributed by atoms with Crippen molar-refractivity contribution < 1.29 is 14.3 Å². The van der Waals surface area contributed by atoms with Gasteiger partial charge < -0.3 is 15.0 Å². The maximum absolute atomic E-state index is 13.0. The first-order valence-electron chi connectivity index (χ1n) is 9.35. The second-order valence-corrected chi connectivity index (χ2v) is 7.26. The van der Waals surface area contributed by atoms with Gasteiger partial charge in [-0.15, -0.1) is 0 Å². The van der Waals surface area contributed by atoms with E-state index in [1.165, 1.54) is 6.92 Å². The molecular weight excluding hydrogens is 340 g/mol. The van der Waals surface area contributed by atoms with Gasteiger partial charge in [-0.3, -0.25) is 9.59 Å². The molecule has 0 spiro atoms. The average Bonchev–Trinajstić information content (AvgIpc) is 2.88. The lowest BCUT2D eigenvalue weighted by molar-refractivity contribution is -0.126. The van der Waals surface area contributed by atoms with Gasteiger partial charge in [0.25, 0.3) is 5.91 Å². The minimum atomic E-state index is -0.632. The van der Waals surface area contributed by atoms with Crippen LogP contribution in [0.15, 0.2) is 48.5 Å². The number of nitrogens with zero attached hydrogens (tertiary/aromatic N) is 1. The van der Waals surface area contributed by atoms with Crippen molar-refractivity contribution >= 4 is 17.5 Å². The minimum absolute atomic E-state index is 0.122. The summed E-state index contributed by atoms with van der Waals surface area (Å²) in [6, 6.07) is 14.8. The maximum atomic E-state index is 13.0. The van der Waals surface area contributed by atoms with Gasteiger partial charge >= 0.3 is 0 Å². The van der Waals surface area contributed by atoms with Crippen LogP contribution in [0.25, 0.3) is 0 Å². The first kappa shape index (κ1) is 19.0. The van der Waals surface area contributed by atoms with Crippen molar-refractivity contribution in [3.8, 4) is 5.75 Å². The lowest BCUT2D eigenvalue weighted by atomic mass is 10.1. The smallest absolute Gasteiger partial charge is 0.254 e. The number of anilines is 1. The van der Waals surface area contributed by atoms with E-state index in [2.05, 4.69) is 19.2 Å². The summed E-state index contributed by atoms with van der Waals surface area (Å²) in [5, 5.41) is 2.76. The molecule has 1 aliphatic rings. The molecule has 0 saturated heterocycles. The van der Waals surface area contributed by atoms with Gasteiger partial charge in [0.2, 0.25) is 5.91 Å². The summed E-state index contributed by atoms with van der Waals surface area (Å²) in [6.07, 6.45) is 0.977. The molecule has 1 N–H and O–H groups in total. The summed E-state index contributed by atoms with van der Waals surface area (Å²) < 4.78 is 5.97. The van der Waals surface area contributed by atoms with Gasteiger partial charge in [-0.2, -0.15) is 0 Å². The van der Waals surface area contributed by atoms with E-state index in [0.717, 1.165) is 29.0 Å². The van der Waals surface area contributed by atoms with Gasteiger partial charge in [-0.05, 0) is 24.5 Å². The molecule has 0 unspecified atom stereocenters. The lowest BCUT2D eigenvalue weighted by Crippen LogP contribution is -2.36. The van der Waals surface area contributed by atoms with Crippen LogP contribution in [0.3, 0.4) is 0 Å². The number of carbonyl (C=O) groups excluding carboxylic acids is 2.